The van der Waals surface area contributed by atoms with Crippen molar-refractivity contribution in [3.63, 3.8) is 0 Å². The van der Waals surface area contributed by atoms with Crippen LogP contribution in [0, 0.1) is 6.92 Å². The maximum Gasteiger partial charge on any atom is 0.339 e. The van der Waals surface area contributed by atoms with Gasteiger partial charge >= 0.3 is 11.6 Å². The molecule has 6 atom stereocenters. The lowest BCUT2D eigenvalue weighted by molar-refractivity contribution is -0.235. The van der Waals surface area contributed by atoms with Gasteiger partial charge < -0.3 is 28.5 Å². The van der Waals surface area contributed by atoms with Crippen molar-refractivity contribution in [2.24, 2.45) is 0 Å². The molecule has 180 valence electrons. The minimum atomic E-state index is -1.08. The highest BCUT2D eigenvalue weighted by Crippen LogP contribution is 2.51. The van der Waals surface area contributed by atoms with Crippen LogP contribution >= 0.6 is 0 Å². The Balaban J connectivity index is 1.73. The van der Waals surface area contributed by atoms with Gasteiger partial charge in [-0.15, -0.1) is 0 Å². The van der Waals surface area contributed by atoms with Crippen LogP contribution in [0.2, 0.25) is 0 Å². The predicted molar refractivity (Wildman–Crippen MR) is 122 cm³/mol. The van der Waals surface area contributed by atoms with Crippen molar-refractivity contribution in [2.45, 2.75) is 76.7 Å². The molecule has 0 aliphatic carbocycles. The number of carbonyl (C=O) groups is 1. The molecule has 0 amide bonds. The highest BCUT2D eigenvalue weighted by Gasteiger charge is 2.69. The molecule has 1 N–H and O–H groups in total. The molecule has 1 aromatic heterocycles. The second-order valence-corrected chi connectivity index (χ2v) is 8.65. The maximum atomic E-state index is 11.7. The summed E-state index contributed by atoms with van der Waals surface area (Å²) in [5.41, 5.74) is -1.73. The van der Waals surface area contributed by atoms with Gasteiger partial charge in [-0.1, -0.05) is 37.3 Å². The van der Waals surface area contributed by atoms with E-state index in [0.717, 1.165) is 5.56 Å². The third kappa shape index (κ3) is 4.69. The fraction of sp³-hybridized carbons (Fsp3) is 0.520. The second-order valence-electron chi connectivity index (χ2n) is 8.65. The zero-order valence-corrected chi connectivity index (χ0v) is 19.9. The molecule has 0 unspecified atom stereocenters. The van der Waals surface area contributed by atoms with Crippen LogP contribution in [0.25, 0.3) is 6.08 Å². The van der Waals surface area contributed by atoms with E-state index in [1.54, 1.807) is 50.3 Å². The van der Waals surface area contributed by atoms with Gasteiger partial charge in [-0.05, 0) is 33.3 Å². The predicted octanol–water partition coefficient (Wildman–Crippen LogP) is 3.10. The SMILES string of the molecule is CC[C@H]1O[C@@]2(C)[C@H](OC(C)=O)[C@@]1(C)O[C@@H](/C=C/C=C/C=C/c1oc(=O)cc(OC)c1C)[C@@H]2O. The Bertz CT molecular complexity index is 1020. The molecule has 2 saturated heterocycles. The molecule has 3 heterocycles. The normalized spacial score (nSPS) is 33.9. The number of allylic oxidation sites excluding steroid dienone is 4. The summed E-state index contributed by atoms with van der Waals surface area (Å²) in [6.07, 6.45) is 8.37. The quantitative estimate of drug-likeness (QED) is 0.489. The van der Waals surface area contributed by atoms with E-state index < -0.39 is 41.1 Å². The minimum absolute atomic E-state index is 0.320. The molecule has 0 radical (unpaired) electrons. The van der Waals surface area contributed by atoms with Crippen LogP contribution < -0.4 is 10.4 Å². The zero-order chi connectivity index (χ0) is 24.4. The number of fused-ring (bicyclic) bond motifs is 2. The summed E-state index contributed by atoms with van der Waals surface area (Å²) < 4.78 is 28.3. The van der Waals surface area contributed by atoms with Crippen molar-refractivity contribution in [3.8, 4) is 5.75 Å². The summed E-state index contributed by atoms with van der Waals surface area (Å²) in [6, 6.07) is 1.30. The monoisotopic (exact) mass is 460 g/mol. The molecule has 2 aliphatic rings. The fourth-order valence-corrected chi connectivity index (χ4v) is 4.67. The van der Waals surface area contributed by atoms with Crippen LogP contribution in [-0.4, -0.2) is 53.8 Å². The van der Waals surface area contributed by atoms with E-state index in [1.807, 2.05) is 13.8 Å². The molecule has 2 fully saturated rings. The molecular formula is C25H32O8. The lowest BCUT2D eigenvalue weighted by Crippen LogP contribution is -2.65. The van der Waals surface area contributed by atoms with Gasteiger partial charge in [0.1, 0.15) is 34.9 Å². The van der Waals surface area contributed by atoms with Crippen molar-refractivity contribution in [2.75, 3.05) is 7.11 Å². The summed E-state index contributed by atoms with van der Waals surface area (Å²) >= 11 is 0. The number of esters is 1. The number of hydrogen-bond acceptors (Lipinski definition) is 8. The topological polar surface area (TPSA) is 104 Å². The van der Waals surface area contributed by atoms with Crippen molar-refractivity contribution in [3.05, 3.63) is 58.2 Å². The Morgan fingerprint density at radius 3 is 2.52 bits per heavy atom. The summed E-state index contributed by atoms with van der Waals surface area (Å²) in [7, 11) is 1.50. The minimum Gasteiger partial charge on any atom is -0.496 e. The Kier molecular flexibility index (Phi) is 7.31. The van der Waals surface area contributed by atoms with Gasteiger partial charge in [0.05, 0.1) is 19.3 Å². The zero-order valence-electron chi connectivity index (χ0n) is 19.9. The maximum absolute atomic E-state index is 11.7. The van der Waals surface area contributed by atoms with Crippen molar-refractivity contribution >= 4 is 12.0 Å². The molecule has 0 saturated carbocycles. The van der Waals surface area contributed by atoms with Crippen molar-refractivity contribution in [1.29, 1.82) is 0 Å². The molecule has 33 heavy (non-hydrogen) atoms. The highest BCUT2D eigenvalue weighted by atomic mass is 16.7. The molecule has 0 spiro atoms. The average molecular weight is 461 g/mol. The smallest absolute Gasteiger partial charge is 0.339 e. The van der Waals surface area contributed by atoms with E-state index in [9.17, 15) is 14.7 Å². The molecule has 8 heteroatoms. The first-order valence-corrected chi connectivity index (χ1v) is 11.0. The van der Waals surface area contributed by atoms with Crippen LogP contribution in [0.15, 0.2) is 45.7 Å². The number of methoxy groups -OCH3 is 1. The number of ether oxygens (including phenoxy) is 4. The molecule has 8 nitrogen and oxygen atoms in total. The third-order valence-electron chi connectivity index (χ3n) is 6.32. The van der Waals surface area contributed by atoms with Crippen LogP contribution in [0.5, 0.6) is 5.75 Å². The van der Waals surface area contributed by atoms with Crippen LogP contribution in [-0.2, 0) is 19.0 Å². The van der Waals surface area contributed by atoms with Gasteiger partial charge in [-0.3, -0.25) is 4.79 Å². The third-order valence-corrected chi connectivity index (χ3v) is 6.32. The standard InChI is InChI=1S/C25H32O8/c1-7-20-24(4)23(30-16(3)26)25(5,33-20)22(28)18(32-24)13-11-9-8-10-12-17-15(2)19(29-6)14-21(27)31-17/h8-14,18,20,22-23,28H,7H2,1-6H3/b9-8+,12-10+,13-11+/t18-,20+,22-,23+,24-,25+/m0/s1. The van der Waals surface area contributed by atoms with Crippen LogP contribution in [0.4, 0.5) is 0 Å². The number of hydrogen-bond donors (Lipinski definition) is 1. The lowest BCUT2D eigenvalue weighted by atomic mass is 9.77. The molecule has 2 bridgehead atoms. The van der Waals surface area contributed by atoms with Crippen molar-refractivity contribution in [1.82, 2.24) is 0 Å². The van der Waals surface area contributed by atoms with E-state index >= 15 is 0 Å². The first-order valence-electron chi connectivity index (χ1n) is 11.0. The van der Waals surface area contributed by atoms with E-state index in [1.165, 1.54) is 20.1 Å². The van der Waals surface area contributed by atoms with Gasteiger partial charge in [0, 0.05) is 12.5 Å². The molecule has 2 aliphatic heterocycles. The van der Waals surface area contributed by atoms with Crippen LogP contribution in [0.3, 0.4) is 0 Å². The molecule has 3 rings (SSSR count). The van der Waals surface area contributed by atoms with Gasteiger partial charge in [-0.2, -0.15) is 0 Å². The Labute approximate surface area is 193 Å². The number of aliphatic hydroxyl groups is 1. The molecule has 1 aromatic rings. The first kappa shape index (κ1) is 25.0. The lowest BCUT2D eigenvalue weighted by Gasteiger charge is -2.47. The van der Waals surface area contributed by atoms with Crippen molar-refractivity contribution < 1.29 is 33.3 Å². The number of rotatable bonds is 7. The fourth-order valence-electron chi connectivity index (χ4n) is 4.67. The van der Waals surface area contributed by atoms with Gasteiger partial charge in [0.25, 0.3) is 0 Å². The Morgan fingerprint density at radius 2 is 1.88 bits per heavy atom. The van der Waals surface area contributed by atoms with Gasteiger partial charge in [0.2, 0.25) is 0 Å². The summed E-state index contributed by atoms with van der Waals surface area (Å²) in [6.45, 7) is 8.71. The van der Waals surface area contributed by atoms with Gasteiger partial charge in [-0.25, -0.2) is 4.79 Å². The van der Waals surface area contributed by atoms with E-state index in [0.29, 0.717) is 17.9 Å². The van der Waals surface area contributed by atoms with E-state index in [4.69, 9.17) is 23.4 Å². The van der Waals surface area contributed by atoms with Crippen LogP contribution in [0.1, 0.15) is 45.4 Å². The van der Waals surface area contributed by atoms with E-state index in [2.05, 4.69) is 0 Å². The number of aliphatic hydroxyl groups excluding tert-OH is 1. The Hall–Kier alpha value is -2.68. The van der Waals surface area contributed by atoms with E-state index in [-0.39, 0.29) is 6.10 Å². The molecule has 0 aromatic carbocycles. The summed E-state index contributed by atoms with van der Waals surface area (Å²) in [5, 5.41) is 11.0. The first-order chi connectivity index (χ1) is 15.6. The average Bonchev–Trinajstić information content (AvgIpc) is 2.93. The summed E-state index contributed by atoms with van der Waals surface area (Å²) in [4.78, 5) is 23.3. The molecular weight excluding hydrogens is 428 g/mol. The van der Waals surface area contributed by atoms with Gasteiger partial charge in [0.15, 0.2) is 6.10 Å². The largest absolute Gasteiger partial charge is 0.496 e. The Morgan fingerprint density at radius 1 is 1.18 bits per heavy atom. The second kappa shape index (κ2) is 9.67. The number of carbonyl (C=O) groups excluding carboxylic acids is 1. The summed E-state index contributed by atoms with van der Waals surface area (Å²) in [5.74, 6) is 0.435. The highest BCUT2D eigenvalue weighted by molar-refractivity contribution is 5.66.